The Morgan fingerprint density at radius 3 is 2.47 bits per heavy atom. The molecule has 1 saturated heterocycles. The first-order valence-electron chi connectivity index (χ1n) is 6.55. The molecule has 0 unspecified atom stereocenters. The lowest BCUT2D eigenvalue weighted by atomic mass is 9.82. The molecule has 94 valence electrons. The molecule has 2 heteroatoms. The van der Waals surface area contributed by atoms with E-state index in [1.54, 1.807) is 0 Å². The highest BCUT2D eigenvalue weighted by molar-refractivity contribution is 5.33. The average molecular weight is 233 g/mol. The van der Waals surface area contributed by atoms with Gasteiger partial charge in [0.25, 0.3) is 0 Å². The van der Waals surface area contributed by atoms with Gasteiger partial charge in [0.05, 0.1) is 6.61 Å². The van der Waals surface area contributed by atoms with E-state index in [2.05, 4.69) is 43.0 Å². The summed E-state index contributed by atoms with van der Waals surface area (Å²) >= 11 is 0. The number of hydrogen-bond donors (Lipinski definition) is 1. The third-order valence-electron chi connectivity index (χ3n) is 3.73. The van der Waals surface area contributed by atoms with E-state index < -0.39 is 0 Å². The summed E-state index contributed by atoms with van der Waals surface area (Å²) in [6.07, 6.45) is 2.65. The quantitative estimate of drug-likeness (QED) is 0.864. The second-order valence-corrected chi connectivity index (χ2v) is 5.68. The zero-order chi connectivity index (χ0) is 12.3. The van der Waals surface area contributed by atoms with Gasteiger partial charge in [0, 0.05) is 12.0 Å². The Labute approximate surface area is 104 Å². The second-order valence-electron chi connectivity index (χ2n) is 5.68. The van der Waals surface area contributed by atoms with Crippen molar-refractivity contribution in [1.29, 1.82) is 0 Å². The Morgan fingerprint density at radius 1 is 1.18 bits per heavy atom. The van der Waals surface area contributed by atoms with Gasteiger partial charge in [-0.1, -0.05) is 38.1 Å². The van der Waals surface area contributed by atoms with Gasteiger partial charge in [-0.05, 0) is 37.1 Å². The lowest BCUT2D eigenvalue weighted by Crippen LogP contribution is -2.26. The largest absolute Gasteiger partial charge is 0.395 e. The van der Waals surface area contributed by atoms with Crippen molar-refractivity contribution in [1.82, 2.24) is 4.90 Å². The Kier molecular flexibility index (Phi) is 3.85. The van der Waals surface area contributed by atoms with Crippen molar-refractivity contribution >= 4 is 0 Å². The predicted molar refractivity (Wildman–Crippen MR) is 71.1 cm³/mol. The fraction of sp³-hybridized carbons (Fsp3) is 0.600. The summed E-state index contributed by atoms with van der Waals surface area (Å²) in [5.41, 5.74) is 2.51. The van der Waals surface area contributed by atoms with Crippen LogP contribution in [0.5, 0.6) is 0 Å². The molecule has 0 atom stereocenters. The summed E-state index contributed by atoms with van der Waals surface area (Å²) in [6.45, 7) is 7.87. The van der Waals surface area contributed by atoms with E-state index in [0.29, 0.717) is 0 Å². The maximum atomic E-state index is 9.52. The molecule has 1 aromatic rings. The van der Waals surface area contributed by atoms with Gasteiger partial charge in [0.15, 0.2) is 0 Å². The highest BCUT2D eigenvalue weighted by Crippen LogP contribution is 2.27. The molecule has 1 heterocycles. The molecule has 0 spiro atoms. The molecule has 1 aliphatic heterocycles. The van der Waals surface area contributed by atoms with Crippen molar-refractivity contribution in [2.45, 2.75) is 38.6 Å². The van der Waals surface area contributed by atoms with E-state index in [0.717, 1.165) is 6.54 Å². The average Bonchev–Trinajstić information content (AvgIpc) is 2.82. The van der Waals surface area contributed by atoms with Crippen molar-refractivity contribution in [3.05, 3.63) is 35.4 Å². The van der Waals surface area contributed by atoms with Gasteiger partial charge >= 0.3 is 0 Å². The van der Waals surface area contributed by atoms with Crippen LogP contribution in [0.15, 0.2) is 24.3 Å². The van der Waals surface area contributed by atoms with E-state index in [-0.39, 0.29) is 12.0 Å². The van der Waals surface area contributed by atoms with Gasteiger partial charge in [0.1, 0.15) is 0 Å². The van der Waals surface area contributed by atoms with Gasteiger partial charge in [-0.3, -0.25) is 4.90 Å². The smallest absolute Gasteiger partial charge is 0.0522 e. The fourth-order valence-electron chi connectivity index (χ4n) is 2.59. The van der Waals surface area contributed by atoms with Crippen molar-refractivity contribution < 1.29 is 5.11 Å². The zero-order valence-corrected chi connectivity index (χ0v) is 10.9. The molecule has 1 N–H and O–H groups in total. The lowest BCUT2D eigenvalue weighted by Gasteiger charge is -2.27. The summed E-state index contributed by atoms with van der Waals surface area (Å²) in [5, 5.41) is 9.52. The fourth-order valence-corrected chi connectivity index (χ4v) is 2.59. The minimum Gasteiger partial charge on any atom is -0.395 e. The zero-order valence-electron chi connectivity index (χ0n) is 10.9. The summed E-state index contributed by atoms with van der Waals surface area (Å²) in [7, 11) is 0. The maximum Gasteiger partial charge on any atom is 0.0522 e. The predicted octanol–water partition coefficient (Wildman–Crippen LogP) is 2.55. The lowest BCUT2D eigenvalue weighted by molar-refractivity contribution is 0.216. The van der Waals surface area contributed by atoms with Crippen molar-refractivity contribution in [2.24, 2.45) is 0 Å². The first kappa shape index (κ1) is 12.6. The number of hydrogen-bond acceptors (Lipinski definition) is 2. The minimum absolute atomic E-state index is 0.143. The normalized spacial score (nSPS) is 17.6. The highest BCUT2D eigenvalue weighted by Gasteiger charge is 2.23. The van der Waals surface area contributed by atoms with Gasteiger partial charge in [-0.2, -0.15) is 0 Å². The molecule has 0 saturated carbocycles. The molecule has 17 heavy (non-hydrogen) atoms. The molecule has 2 rings (SSSR count). The molecular formula is C15H23NO. The summed E-state index contributed by atoms with van der Waals surface area (Å²) in [4.78, 5) is 2.51. The summed E-state index contributed by atoms with van der Waals surface area (Å²) in [5.74, 6) is 0. The molecule has 2 nitrogen and oxygen atoms in total. The third kappa shape index (κ3) is 2.88. The first-order chi connectivity index (χ1) is 8.13. The van der Waals surface area contributed by atoms with Gasteiger partial charge in [0.2, 0.25) is 0 Å². The van der Waals surface area contributed by atoms with Crippen LogP contribution in [0, 0.1) is 0 Å². The molecule has 0 bridgehead atoms. The summed E-state index contributed by atoms with van der Waals surface area (Å²) < 4.78 is 0. The van der Waals surface area contributed by atoms with Crippen LogP contribution >= 0.6 is 0 Å². The van der Waals surface area contributed by atoms with Crippen LogP contribution in [0.2, 0.25) is 0 Å². The second kappa shape index (κ2) is 5.19. The number of aliphatic hydroxyl groups excluding tert-OH is 1. The van der Waals surface area contributed by atoms with Crippen LogP contribution in [0.1, 0.15) is 37.8 Å². The molecular weight excluding hydrogens is 210 g/mol. The van der Waals surface area contributed by atoms with Crippen LogP contribution in [0.25, 0.3) is 0 Å². The number of benzene rings is 1. The SMILES string of the molecule is CC(C)(CO)c1ccccc1CN1CCCC1. The molecule has 0 aliphatic carbocycles. The van der Waals surface area contributed by atoms with Gasteiger partial charge in [-0.15, -0.1) is 0 Å². The Bertz CT molecular complexity index is 367. The van der Waals surface area contributed by atoms with Crippen LogP contribution in [0.4, 0.5) is 0 Å². The molecule has 0 amide bonds. The maximum absolute atomic E-state index is 9.52. The van der Waals surface area contributed by atoms with Crippen LogP contribution in [0.3, 0.4) is 0 Å². The Balaban J connectivity index is 2.21. The van der Waals surface area contributed by atoms with E-state index in [9.17, 15) is 5.11 Å². The summed E-state index contributed by atoms with van der Waals surface area (Å²) in [6, 6.07) is 8.52. The van der Waals surface area contributed by atoms with Crippen molar-refractivity contribution in [3.63, 3.8) is 0 Å². The third-order valence-corrected chi connectivity index (χ3v) is 3.73. The van der Waals surface area contributed by atoms with E-state index in [1.165, 1.54) is 37.1 Å². The minimum atomic E-state index is -0.143. The molecule has 1 fully saturated rings. The number of nitrogens with zero attached hydrogens (tertiary/aromatic N) is 1. The monoisotopic (exact) mass is 233 g/mol. The van der Waals surface area contributed by atoms with Crippen LogP contribution in [-0.2, 0) is 12.0 Å². The van der Waals surface area contributed by atoms with Crippen molar-refractivity contribution in [3.8, 4) is 0 Å². The molecule has 1 aromatic carbocycles. The van der Waals surface area contributed by atoms with Crippen LogP contribution < -0.4 is 0 Å². The first-order valence-corrected chi connectivity index (χ1v) is 6.55. The van der Waals surface area contributed by atoms with Crippen molar-refractivity contribution in [2.75, 3.05) is 19.7 Å². The van der Waals surface area contributed by atoms with E-state index in [1.807, 2.05) is 0 Å². The number of aliphatic hydroxyl groups is 1. The molecule has 0 aromatic heterocycles. The molecule has 0 radical (unpaired) electrons. The number of rotatable bonds is 4. The Morgan fingerprint density at radius 2 is 1.82 bits per heavy atom. The highest BCUT2D eigenvalue weighted by atomic mass is 16.3. The topological polar surface area (TPSA) is 23.5 Å². The van der Waals surface area contributed by atoms with Gasteiger partial charge in [-0.25, -0.2) is 0 Å². The van der Waals surface area contributed by atoms with Gasteiger partial charge < -0.3 is 5.11 Å². The van der Waals surface area contributed by atoms with Crippen LogP contribution in [-0.4, -0.2) is 29.7 Å². The number of likely N-dealkylation sites (tertiary alicyclic amines) is 1. The molecule has 1 aliphatic rings. The Hall–Kier alpha value is -0.860. The van der Waals surface area contributed by atoms with E-state index in [4.69, 9.17) is 0 Å². The van der Waals surface area contributed by atoms with E-state index >= 15 is 0 Å². The standard InChI is InChI=1S/C15H23NO/c1-15(2,12-17)14-8-4-3-7-13(14)11-16-9-5-6-10-16/h3-4,7-8,17H,5-6,9-12H2,1-2H3.